The number of rotatable bonds is 3. The second-order valence-corrected chi connectivity index (χ2v) is 20.5. The van der Waals surface area contributed by atoms with Crippen molar-refractivity contribution in [2.75, 3.05) is 86.8 Å². The fraction of sp³-hybridized carbons (Fsp3) is 0.440. The molecular formula is C75H109NO13Zr2. The van der Waals surface area contributed by atoms with Gasteiger partial charge in [-0.25, -0.2) is 0 Å². The molecule has 0 bridgehead atoms. The Hall–Kier alpha value is -5.21. The zero-order valence-corrected chi connectivity index (χ0v) is 62.5. The van der Waals surface area contributed by atoms with Gasteiger partial charge in [-0.1, -0.05) is 176 Å². The summed E-state index contributed by atoms with van der Waals surface area (Å²) in [6.07, 6.45) is 14.2. The van der Waals surface area contributed by atoms with Crippen molar-refractivity contribution in [2.24, 2.45) is 0 Å². The van der Waals surface area contributed by atoms with Crippen LogP contribution in [0.3, 0.4) is 0 Å². The van der Waals surface area contributed by atoms with Crippen molar-refractivity contribution in [3.8, 4) is 34.5 Å². The van der Waals surface area contributed by atoms with Crippen molar-refractivity contribution in [2.45, 2.75) is 134 Å². The molecule has 0 amide bonds. The van der Waals surface area contributed by atoms with E-state index in [9.17, 15) is 46.0 Å². The Labute approximate surface area is 588 Å². The molecule has 6 aromatic rings. The fourth-order valence-corrected chi connectivity index (χ4v) is 6.84. The molecule has 4 saturated heterocycles. The maximum absolute atomic E-state index is 11.0. The van der Waals surface area contributed by atoms with Gasteiger partial charge in [0.25, 0.3) is 0 Å². The van der Waals surface area contributed by atoms with Crippen LogP contribution < -0.4 is 51.3 Å². The van der Waals surface area contributed by atoms with Crippen LogP contribution in [0.4, 0.5) is 0 Å². The summed E-state index contributed by atoms with van der Waals surface area (Å²) in [6.45, 7) is 38.9. The summed E-state index contributed by atoms with van der Waals surface area (Å²) in [5.41, 5.74) is 9.94. The van der Waals surface area contributed by atoms with Crippen molar-refractivity contribution in [1.82, 2.24) is 0 Å². The minimum absolute atomic E-state index is 0. The molecule has 500 valence electrons. The normalized spacial score (nSPS) is 12.0. The van der Waals surface area contributed by atoms with Crippen LogP contribution in [-0.4, -0.2) is 86.8 Å². The largest absolute Gasteiger partial charge is 4.00 e. The van der Waals surface area contributed by atoms with E-state index in [0.29, 0.717) is 0 Å². The van der Waals surface area contributed by atoms with Crippen molar-refractivity contribution < 1.29 is 123 Å². The molecule has 4 fully saturated rings. The van der Waals surface area contributed by atoms with E-state index in [1.54, 1.807) is 0 Å². The Balaban J connectivity index is -0.000000216. The molecule has 10 rings (SSSR count). The van der Waals surface area contributed by atoms with Crippen molar-refractivity contribution >= 4 is 0 Å². The maximum atomic E-state index is 11.0. The molecule has 4 aliphatic rings. The number of quaternary nitrogens is 1. The molecule has 0 spiro atoms. The zero-order valence-electron chi connectivity index (χ0n) is 57.6. The topological polar surface area (TPSA) is 261 Å². The fourth-order valence-electron chi connectivity index (χ4n) is 6.84. The van der Waals surface area contributed by atoms with E-state index >= 15 is 0 Å². The number of ether oxygens (including phenoxy) is 4. The third-order valence-electron chi connectivity index (χ3n) is 12.1. The molecule has 14 nitrogen and oxygen atoms in total. The number of nitrogens with two attached hydrogens (primary N) is 1. The molecule has 2 N–H and O–H groups in total. The first-order chi connectivity index (χ1) is 42.4. The molecule has 0 radical (unpaired) electrons. The molecule has 0 unspecified atom stereocenters. The van der Waals surface area contributed by atoms with Gasteiger partial charge in [0.15, 0.2) is 0 Å². The molecule has 0 aromatic heterocycles. The summed E-state index contributed by atoms with van der Waals surface area (Å²) < 4.78 is 19.8. The van der Waals surface area contributed by atoms with Crippen LogP contribution in [0.1, 0.15) is 118 Å². The average Bonchev–Trinajstić information content (AvgIpc) is 4.42. The predicted molar refractivity (Wildman–Crippen MR) is 351 cm³/mol. The van der Waals surface area contributed by atoms with Gasteiger partial charge < -0.3 is 70.2 Å². The van der Waals surface area contributed by atoms with Crippen LogP contribution in [0.25, 0.3) is 0 Å². The van der Waals surface area contributed by atoms with E-state index in [4.69, 9.17) is 18.9 Å². The quantitative estimate of drug-likeness (QED) is 0.163. The van der Waals surface area contributed by atoms with Gasteiger partial charge in [0, 0.05) is 52.9 Å². The molecule has 0 atom stereocenters. The van der Waals surface area contributed by atoms with Gasteiger partial charge in [-0.3, -0.25) is 0 Å². The summed E-state index contributed by atoms with van der Waals surface area (Å²) in [5, 5.41) is 95.4. The Kier molecular flexibility index (Phi) is 72.0. The van der Waals surface area contributed by atoms with Crippen molar-refractivity contribution in [3.63, 3.8) is 0 Å². The standard InChI is InChI=1S/6C8H10O.4C4H8O.3C3H5O.C2H7N.2Zr/c6*1-6-4-3-5-7(2)8(6)9;4*1-2-4-5-3-1;3*1-2-3-4;1-3-2;;/h6*3-5,9H,1-2H3;4*1-4H2;3*2H,1,3H2;3H,1-2H3;;/q;;;;;;;;;;3*-1;;2*+4/p-5. The van der Waals surface area contributed by atoms with E-state index in [0.717, 1.165) is 120 Å². The maximum Gasteiger partial charge on any atom is 4.00 e. The van der Waals surface area contributed by atoms with E-state index < -0.39 is 0 Å². The van der Waals surface area contributed by atoms with Gasteiger partial charge in [0.1, 0.15) is 0 Å². The SMILES string of the molecule is C1CCOC1.C1CCOC1.C1CCOC1.C1CCOC1.C=CC[O-].C=CC[O-].C=CC[O-].C[NH2+]C.Cc1cccc(C)c1[O-].Cc1cccc(C)c1[O-].Cc1cccc(C)c1[O-].Cc1cccc(C)c1[O-].Cc1cccc(C)c1[O-].Cc1cccc(C)c1[O-].[Zr+4].[Zr+4]. The summed E-state index contributed by atoms with van der Waals surface area (Å²) in [7, 11) is 4.00. The smallest absolute Gasteiger partial charge is 0.872 e. The summed E-state index contributed by atoms with van der Waals surface area (Å²) in [4.78, 5) is 0. The number of benzene rings is 6. The first-order valence-corrected chi connectivity index (χ1v) is 30.5. The molecule has 0 saturated carbocycles. The van der Waals surface area contributed by atoms with Gasteiger partial charge >= 0.3 is 52.4 Å². The van der Waals surface area contributed by atoms with E-state index in [1.807, 2.05) is 212 Å². The van der Waals surface area contributed by atoms with Crippen LogP contribution in [0.15, 0.2) is 147 Å². The predicted octanol–water partition coefficient (Wildman–Crippen LogP) is 8.85. The first kappa shape index (κ1) is 96.9. The van der Waals surface area contributed by atoms with Gasteiger partial charge in [0.2, 0.25) is 0 Å². The Bertz CT molecular complexity index is 2070. The second kappa shape index (κ2) is 67.7. The zero-order chi connectivity index (χ0) is 68.2. The molecular weight excluding hydrogens is 1310 g/mol. The third kappa shape index (κ3) is 56.1. The Morgan fingerprint density at radius 1 is 0.286 bits per heavy atom. The van der Waals surface area contributed by atoms with Crippen LogP contribution >= 0.6 is 0 Å². The van der Waals surface area contributed by atoms with Gasteiger partial charge in [-0.05, 0) is 134 Å². The van der Waals surface area contributed by atoms with E-state index in [-0.39, 0.29) is 107 Å². The van der Waals surface area contributed by atoms with Gasteiger partial charge in [0.05, 0.1) is 14.1 Å². The first-order valence-electron chi connectivity index (χ1n) is 30.5. The summed E-state index contributed by atoms with van der Waals surface area (Å²) >= 11 is 0. The number of hydrogen-bond donors (Lipinski definition) is 1. The van der Waals surface area contributed by atoms with Crippen molar-refractivity contribution in [1.29, 1.82) is 0 Å². The minimum atomic E-state index is -0.167. The van der Waals surface area contributed by atoms with Gasteiger partial charge in [-0.15, -0.1) is 92.3 Å². The molecule has 0 aliphatic carbocycles. The summed E-state index contributed by atoms with van der Waals surface area (Å²) in [5.74, 6) is 0.986. The van der Waals surface area contributed by atoms with Crippen molar-refractivity contribution in [3.05, 3.63) is 214 Å². The van der Waals surface area contributed by atoms with Crippen LogP contribution in [0.2, 0.25) is 0 Å². The third-order valence-corrected chi connectivity index (χ3v) is 12.1. The van der Waals surface area contributed by atoms with Gasteiger partial charge in [-0.2, -0.15) is 0 Å². The van der Waals surface area contributed by atoms with Crippen LogP contribution in [0, 0.1) is 83.1 Å². The van der Waals surface area contributed by atoms with Crippen LogP contribution in [-0.2, 0) is 71.4 Å². The second-order valence-electron chi connectivity index (χ2n) is 20.5. The Morgan fingerprint density at radius 3 is 0.418 bits per heavy atom. The monoisotopic (exact) mass is 1410 g/mol. The molecule has 4 aliphatic heterocycles. The average molecular weight is 1420 g/mol. The molecule has 4 heterocycles. The number of hydrogen-bond acceptors (Lipinski definition) is 13. The van der Waals surface area contributed by atoms with E-state index in [2.05, 4.69) is 19.7 Å². The Morgan fingerprint density at radius 2 is 0.374 bits per heavy atom. The number of aryl methyl sites for hydroxylation is 12. The van der Waals surface area contributed by atoms with E-state index in [1.165, 1.54) is 69.6 Å². The minimum Gasteiger partial charge on any atom is -0.872 e. The molecule has 91 heavy (non-hydrogen) atoms. The van der Waals surface area contributed by atoms with Crippen LogP contribution in [0.5, 0.6) is 34.5 Å². The summed E-state index contributed by atoms with van der Waals surface area (Å²) in [6, 6.07) is 33.3. The number of para-hydroxylation sites is 6. The molecule has 6 aromatic carbocycles. The molecule has 16 heteroatoms.